The van der Waals surface area contributed by atoms with E-state index in [9.17, 15) is 18.0 Å². The van der Waals surface area contributed by atoms with Gasteiger partial charge in [-0.1, -0.05) is 13.8 Å². The van der Waals surface area contributed by atoms with E-state index in [0.29, 0.717) is 30.5 Å². The summed E-state index contributed by atoms with van der Waals surface area (Å²) in [7, 11) is -3.30. The number of nitrogens with one attached hydrogen (secondary N) is 1. The van der Waals surface area contributed by atoms with Crippen LogP contribution in [0.5, 0.6) is 0 Å². The first-order valence-corrected chi connectivity index (χ1v) is 11.4. The molecule has 0 atom stereocenters. The quantitative estimate of drug-likeness (QED) is 0.470. The number of nitrogens with zero attached hydrogens (tertiary/aromatic N) is 2. The zero-order valence-electron chi connectivity index (χ0n) is 16.7. The number of rotatable bonds is 8. The largest absolute Gasteiger partial charge is 0.450 e. The van der Waals surface area contributed by atoms with E-state index in [1.165, 1.54) is 4.31 Å². The van der Waals surface area contributed by atoms with Crippen molar-refractivity contribution in [3.8, 4) is 0 Å². The lowest BCUT2D eigenvalue weighted by molar-refractivity contribution is -0.150. The van der Waals surface area contributed by atoms with Gasteiger partial charge in [0.25, 0.3) is 5.91 Å². The molecule has 0 radical (unpaired) electrons. The van der Waals surface area contributed by atoms with Crippen molar-refractivity contribution in [2.24, 2.45) is 0 Å². The summed E-state index contributed by atoms with van der Waals surface area (Å²) in [5.41, 5.74) is -0.321. The molecule has 1 spiro atoms. The van der Waals surface area contributed by atoms with E-state index in [0.717, 1.165) is 32.3 Å². The van der Waals surface area contributed by atoms with Crippen LogP contribution >= 0.6 is 0 Å². The van der Waals surface area contributed by atoms with E-state index in [1.807, 2.05) is 0 Å². The minimum atomic E-state index is -3.30. The minimum absolute atomic E-state index is 0.234. The number of hydrogen-bond acceptors (Lipinski definition) is 6. The number of hydrogen-bond donors (Lipinski definition) is 1. The lowest BCUT2D eigenvalue weighted by Gasteiger charge is -2.38. The minimum Gasteiger partial charge on any atom is -0.450 e. The second kappa shape index (κ2) is 8.70. The number of ether oxygens (including phenoxy) is 1. The molecule has 8 nitrogen and oxygen atoms in total. The molecule has 0 aromatic carbocycles. The van der Waals surface area contributed by atoms with E-state index in [2.05, 4.69) is 24.1 Å². The van der Waals surface area contributed by atoms with Gasteiger partial charge < -0.3 is 15.0 Å². The molecule has 9 heteroatoms. The van der Waals surface area contributed by atoms with Gasteiger partial charge in [-0.15, -0.1) is 0 Å². The van der Waals surface area contributed by atoms with Crippen molar-refractivity contribution in [3.05, 3.63) is 11.1 Å². The molecule has 2 heterocycles. The highest BCUT2D eigenvalue weighted by Crippen LogP contribution is 2.41. The Morgan fingerprint density at radius 2 is 1.85 bits per heavy atom. The second-order valence-corrected chi connectivity index (χ2v) is 9.16. The smallest absolute Gasteiger partial charge is 0.335 e. The molecule has 2 aliphatic heterocycles. The fraction of sp³-hybridized carbons (Fsp3) is 0.778. The maximum absolute atomic E-state index is 12.8. The average Bonchev–Trinajstić information content (AvgIpc) is 2.84. The molecule has 154 valence electrons. The molecule has 0 aromatic rings. The van der Waals surface area contributed by atoms with Gasteiger partial charge in [-0.05, 0) is 33.0 Å². The van der Waals surface area contributed by atoms with Crippen LogP contribution in [0.15, 0.2) is 11.1 Å². The molecule has 0 unspecified atom stereocenters. The number of carbonyl (C=O) groups excluding carboxylic acids is 2. The summed E-state index contributed by atoms with van der Waals surface area (Å²) in [5, 5.41) is 2.90. The average molecular weight is 402 g/mol. The van der Waals surface area contributed by atoms with Gasteiger partial charge in [0.05, 0.1) is 11.8 Å². The molecule has 2 rings (SSSR count). The van der Waals surface area contributed by atoms with Crippen LogP contribution < -0.4 is 5.32 Å². The number of sulfonamides is 1. The van der Waals surface area contributed by atoms with E-state index < -0.39 is 21.6 Å². The highest BCUT2D eigenvalue weighted by Gasteiger charge is 2.51. The zero-order valence-corrected chi connectivity index (χ0v) is 17.5. The number of esters is 1. The van der Waals surface area contributed by atoms with Gasteiger partial charge in [0.1, 0.15) is 5.60 Å². The second-order valence-electron chi connectivity index (χ2n) is 7.18. The Kier molecular flexibility index (Phi) is 7.04. The van der Waals surface area contributed by atoms with E-state index in [4.69, 9.17) is 4.74 Å². The molecule has 2 aliphatic rings. The van der Waals surface area contributed by atoms with Gasteiger partial charge in [0.2, 0.25) is 10.0 Å². The fourth-order valence-electron chi connectivity index (χ4n) is 3.79. The lowest BCUT2D eigenvalue weighted by atomic mass is 9.83. The molecule has 1 saturated heterocycles. The first-order valence-electron chi connectivity index (χ1n) is 9.55. The van der Waals surface area contributed by atoms with Crippen LogP contribution in [0.1, 0.15) is 40.0 Å². The predicted octanol–water partition coefficient (Wildman–Crippen LogP) is 0.502. The van der Waals surface area contributed by atoms with Crippen molar-refractivity contribution >= 4 is 21.9 Å². The van der Waals surface area contributed by atoms with Gasteiger partial charge in [-0.3, -0.25) is 4.79 Å². The van der Waals surface area contributed by atoms with Crippen LogP contribution in [0.3, 0.4) is 0 Å². The van der Waals surface area contributed by atoms with Crippen molar-refractivity contribution in [1.29, 1.82) is 0 Å². The van der Waals surface area contributed by atoms with Crippen LogP contribution in [0.4, 0.5) is 0 Å². The first kappa shape index (κ1) is 21.8. The van der Waals surface area contributed by atoms with Crippen LogP contribution in [0, 0.1) is 0 Å². The third-order valence-electron chi connectivity index (χ3n) is 5.48. The summed E-state index contributed by atoms with van der Waals surface area (Å²) in [6.07, 6.45) is 2.58. The molecule has 0 bridgehead atoms. The highest BCUT2D eigenvalue weighted by atomic mass is 32.2. The summed E-state index contributed by atoms with van der Waals surface area (Å²) in [5.74, 6) is -0.776. The zero-order chi connectivity index (χ0) is 20.2. The Bertz CT molecular complexity index is 705. The Hall–Kier alpha value is -1.45. The molecule has 1 N–H and O–H groups in total. The van der Waals surface area contributed by atoms with Crippen LogP contribution in [-0.4, -0.2) is 80.6 Å². The molecular formula is C18H31N3O5S. The molecule has 27 heavy (non-hydrogen) atoms. The Balaban J connectivity index is 2.02. The third kappa shape index (κ3) is 4.89. The van der Waals surface area contributed by atoms with E-state index in [-0.39, 0.29) is 19.0 Å². The maximum Gasteiger partial charge on any atom is 0.335 e. The fourth-order valence-corrected chi connectivity index (χ4v) is 4.64. The SMILES string of the molecule is CCN(CC)CCCNC(=O)C1=C(C)C(=O)OC12CCN(S(C)(=O)=O)CC2. The number of amides is 1. The monoisotopic (exact) mass is 401 g/mol. The Morgan fingerprint density at radius 3 is 2.37 bits per heavy atom. The number of carbonyl (C=O) groups is 2. The third-order valence-corrected chi connectivity index (χ3v) is 6.79. The van der Waals surface area contributed by atoms with E-state index >= 15 is 0 Å². The van der Waals surface area contributed by atoms with Crippen LogP contribution in [0.2, 0.25) is 0 Å². The van der Waals surface area contributed by atoms with Gasteiger partial charge in [0.15, 0.2) is 0 Å². The number of piperidine rings is 1. The predicted molar refractivity (Wildman–Crippen MR) is 103 cm³/mol. The van der Waals surface area contributed by atoms with Gasteiger partial charge in [-0.2, -0.15) is 0 Å². The normalized spacial score (nSPS) is 20.4. The summed E-state index contributed by atoms with van der Waals surface area (Å²) < 4.78 is 30.4. The van der Waals surface area contributed by atoms with Gasteiger partial charge >= 0.3 is 5.97 Å². The van der Waals surface area contributed by atoms with Crippen molar-refractivity contribution in [2.45, 2.75) is 45.6 Å². The Labute approximate surface area is 162 Å². The molecule has 1 amide bonds. The lowest BCUT2D eigenvalue weighted by Crippen LogP contribution is -2.50. The summed E-state index contributed by atoms with van der Waals surface area (Å²) in [6, 6.07) is 0. The van der Waals surface area contributed by atoms with Crippen molar-refractivity contribution in [2.75, 3.05) is 45.5 Å². The van der Waals surface area contributed by atoms with Gasteiger partial charge in [-0.25, -0.2) is 17.5 Å². The summed E-state index contributed by atoms with van der Waals surface area (Å²) >= 11 is 0. The summed E-state index contributed by atoms with van der Waals surface area (Å²) in [6.45, 7) is 9.63. The molecule has 1 fully saturated rings. The van der Waals surface area contributed by atoms with Crippen LogP contribution in [0.25, 0.3) is 0 Å². The van der Waals surface area contributed by atoms with Crippen molar-refractivity contribution in [1.82, 2.24) is 14.5 Å². The highest BCUT2D eigenvalue weighted by molar-refractivity contribution is 7.88. The molecule has 0 aromatic heterocycles. The molecule has 0 saturated carbocycles. The van der Waals surface area contributed by atoms with Gasteiger partial charge in [0, 0.05) is 38.0 Å². The molecular weight excluding hydrogens is 370 g/mol. The van der Waals surface area contributed by atoms with Crippen molar-refractivity contribution in [3.63, 3.8) is 0 Å². The Morgan fingerprint density at radius 1 is 1.26 bits per heavy atom. The van der Waals surface area contributed by atoms with E-state index in [1.54, 1.807) is 6.92 Å². The first-order chi connectivity index (χ1) is 12.6. The summed E-state index contributed by atoms with van der Waals surface area (Å²) in [4.78, 5) is 27.2. The maximum atomic E-state index is 12.8. The van der Waals surface area contributed by atoms with Crippen LogP contribution in [-0.2, 0) is 24.3 Å². The standard InChI is InChI=1S/C18H31N3O5S/c1-5-20(6-2)11-7-10-19-16(22)15-14(3)17(23)26-18(15)8-12-21(13-9-18)27(4,24)25/h5-13H2,1-4H3,(H,19,22). The van der Waals surface area contributed by atoms with Crippen molar-refractivity contribution < 1.29 is 22.7 Å². The topological polar surface area (TPSA) is 96.0 Å². The molecule has 0 aliphatic carbocycles.